The molecule has 0 aromatic heterocycles. The molecule has 0 fully saturated rings. The summed E-state index contributed by atoms with van der Waals surface area (Å²) in [7, 11) is 0. The van der Waals surface area contributed by atoms with Crippen molar-refractivity contribution in [3.05, 3.63) is 11.6 Å². The minimum Gasteiger partial charge on any atom is -0.463 e. The van der Waals surface area contributed by atoms with Crippen LogP contribution in [0.25, 0.3) is 0 Å². The number of carbonyl (C=O) groups excluding carboxylic acids is 3. The fraction of sp³-hybridized carbons (Fsp3) is 0.750. The fourth-order valence-corrected chi connectivity index (χ4v) is 3.78. The number of unbranched alkanes of at least 4 members (excludes halogenated alkanes) is 3. The van der Waals surface area contributed by atoms with Gasteiger partial charge in [0.1, 0.15) is 0 Å². The maximum atomic E-state index is 12.5. The monoisotopic (exact) mass is 482 g/mol. The van der Waals surface area contributed by atoms with Gasteiger partial charge in [0.15, 0.2) is 5.96 Å². The number of hydrogen-bond donors (Lipinski definition) is 4. The number of alkyl carbamates (subject to hydrolysis) is 1. The first-order valence-electron chi connectivity index (χ1n) is 12.3. The topological polar surface area (TPSA) is 139 Å². The zero-order valence-electron chi connectivity index (χ0n) is 21.2. The van der Waals surface area contributed by atoms with E-state index in [1.165, 1.54) is 6.92 Å². The highest BCUT2D eigenvalue weighted by molar-refractivity contribution is 5.93. The van der Waals surface area contributed by atoms with E-state index < -0.39 is 30.3 Å². The maximum absolute atomic E-state index is 12.5. The summed E-state index contributed by atoms with van der Waals surface area (Å²) >= 11 is 0. The molecule has 194 valence electrons. The van der Waals surface area contributed by atoms with Crippen molar-refractivity contribution in [3.8, 4) is 0 Å². The second-order valence-electron chi connectivity index (χ2n) is 8.33. The highest BCUT2D eigenvalue weighted by atomic mass is 16.5. The Labute approximate surface area is 203 Å². The van der Waals surface area contributed by atoms with Gasteiger partial charge in [-0.2, -0.15) is 0 Å². The van der Waals surface area contributed by atoms with Gasteiger partial charge in [0.25, 0.3) is 0 Å². The summed E-state index contributed by atoms with van der Waals surface area (Å²) in [6, 6.07) is -1.16. The zero-order valence-corrected chi connectivity index (χ0v) is 21.2. The molecule has 0 saturated carbocycles. The molecule has 0 unspecified atom stereocenters. The molecule has 0 bridgehead atoms. The van der Waals surface area contributed by atoms with Gasteiger partial charge < -0.3 is 24.8 Å². The molecule has 34 heavy (non-hydrogen) atoms. The van der Waals surface area contributed by atoms with Crippen molar-refractivity contribution in [2.45, 2.75) is 104 Å². The summed E-state index contributed by atoms with van der Waals surface area (Å²) in [6.45, 7) is 9.73. The Morgan fingerprint density at radius 2 is 1.76 bits per heavy atom. The lowest BCUT2D eigenvalue weighted by atomic mass is 9.87. The van der Waals surface area contributed by atoms with Crippen LogP contribution in [0.1, 0.15) is 79.6 Å². The molecule has 4 N–H and O–H groups in total. The van der Waals surface area contributed by atoms with Crippen LogP contribution in [0.5, 0.6) is 0 Å². The average molecular weight is 483 g/mol. The SMILES string of the molecule is CCCCCCOC(=O)NC(=N)N[C@H]1CC(C(=O)OCC)=C[C@@H](OC(CC)CC)[C@@H]1NC(C)=O. The van der Waals surface area contributed by atoms with Crippen LogP contribution in [-0.2, 0) is 23.8 Å². The van der Waals surface area contributed by atoms with E-state index in [2.05, 4.69) is 22.9 Å². The molecule has 3 atom stereocenters. The molecule has 1 rings (SSSR count). The van der Waals surface area contributed by atoms with Crippen molar-refractivity contribution in [1.29, 1.82) is 5.41 Å². The molecule has 10 nitrogen and oxygen atoms in total. The minimum atomic E-state index is -0.730. The Morgan fingerprint density at radius 1 is 1.06 bits per heavy atom. The van der Waals surface area contributed by atoms with Gasteiger partial charge in [0, 0.05) is 18.9 Å². The summed E-state index contributed by atoms with van der Waals surface area (Å²) in [6.07, 6.45) is 5.89. The normalized spacial score (nSPS) is 19.7. The number of ether oxygens (including phenoxy) is 3. The maximum Gasteiger partial charge on any atom is 0.413 e. The van der Waals surface area contributed by atoms with Gasteiger partial charge in [-0.25, -0.2) is 9.59 Å². The van der Waals surface area contributed by atoms with Crippen LogP contribution in [0.4, 0.5) is 4.79 Å². The molecule has 0 saturated heterocycles. The third kappa shape index (κ3) is 10.5. The first-order valence-corrected chi connectivity index (χ1v) is 12.3. The van der Waals surface area contributed by atoms with E-state index in [9.17, 15) is 14.4 Å². The van der Waals surface area contributed by atoms with Crippen LogP contribution in [0.15, 0.2) is 11.6 Å². The number of hydrogen-bond acceptors (Lipinski definition) is 7. The smallest absolute Gasteiger partial charge is 0.413 e. The minimum absolute atomic E-state index is 0.0695. The lowest BCUT2D eigenvalue weighted by molar-refractivity contribution is -0.139. The van der Waals surface area contributed by atoms with Crippen LogP contribution >= 0.6 is 0 Å². The lowest BCUT2D eigenvalue weighted by Gasteiger charge is -2.39. The van der Waals surface area contributed by atoms with Crippen LogP contribution in [0.2, 0.25) is 0 Å². The molecule has 2 amide bonds. The molecule has 0 aromatic carbocycles. The second kappa shape index (κ2) is 16.1. The van der Waals surface area contributed by atoms with E-state index in [1.54, 1.807) is 13.0 Å². The van der Waals surface area contributed by atoms with Crippen LogP contribution in [0, 0.1) is 5.41 Å². The lowest BCUT2D eigenvalue weighted by Crippen LogP contribution is -2.61. The van der Waals surface area contributed by atoms with Gasteiger partial charge in [-0.05, 0) is 32.3 Å². The molecular formula is C24H42N4O6. The van der Waals surface area contributed by atoms with Gasteiger partial charge in [-0.1, -0.05) is 40.0 Å². The Hall–Kier alpha value is -2.62. The fourth-order valence-electron chi connectivity index (χ4n) is 3.78. The molecule has 0 radical (unpaired) electrons. The van der Waals surface area contributed by atoms with Gasteiger partial charge in [-0.3, -0.25) is 15.5 Å². The van der Waals surface area contributed by atoms with Crippen molar-refractivity contribution in [3.63, 3.8) is 0 Å². The molecular weight excluding hydrogens is 440 g/mol. The molecule has 0 aromatic rings. The number of esters is 1. The summed E-state index contributed by atoms with van der Waals surface area (Å²) in [5, 5.41) is 16.3. The van der Waals surface area contributed by atoms with E-state index in [4.69, 9.17) is 19.6 Å². The Bertz CT molecular complexity index is 708. The van der Waals surface area contributed by atoms with Crippen LogP contribution in [-0.4, -0.2) is 61.4 Å². The Kier molecular flexibility index (Phi) is 13.9. The predicted molar refractivity (Wildman–Crippen MR) is 129 cm³/mol. The molecule has 0 aliphatic heterocycles. The predicted octanol–water partition coefficient (Wildman–Crippen LogP) is 3.16. The van der Waals surface area contributed by atoms with Crippen molar-refractivity contribution in [1.82, 2.24) is 16.0 Å². The Balaban J connectivity index is 2.95. The van der Waals surface area contributed by atoms with Crippen LogP contribution < -0.4 is 16.0 Å². The number of rotatable bonds is 13. The van der Waals surface area contributed by atoms with E-state index in [0.29, 0.717) is 5.57 Å². The van der Waals surface area contributed by atoms with Crippen molar-refractivity contribution >= 4 is 23.9 Å². The molecule has 1 aliphatic carbocycles. The number of carbonyl (C=O) groups is 3. The van der Waals surface area contributed by atoms with E-state index in [0.717, 1.165) is 38.5 Å². The second-order valence-corrected chi connectivity index (χ2v) is 8.33. The largest absolute Gasteiger partial charge is 0.463 e. The standard InChI is InChI=1S/C24H42N4O6/c1-6-10-11-12-13-33-24(31)28-23(25)27-19-14-17(22(30)32-9-4)15-20(21(19)26-16(5)29)34-18(7-2)8-3/h15,18-21H,6-14H2,1-5H3,(H,26,29)(H3,25,27,28,31)/t19-,20+,21+/m0/s1. The quantitative estimate of drug-likeness (QED) is 0.137. The van der Waals surface area contributed by atoms with Crippen molar-refractivity contribution < 1.29 is 28.6 Å². The van der Waals surface area contributed by atoms with Crippen LogP contribution in [0.3, 0.4) is 0 Å². The average Bonchev–Trinajstić information content (AvgIpc) is 2.78. The third-order valence-electron chi connectivity index (χ3n) is 5.55. The summed E-state index contributed by atoms with van der Waals surface area (Å²) < 4.78 is 16.5. The van der Waals surface area contributed by atoms with Gasteiger partial charge in [-0.15, -0.1) is 0 Å². The number of nitrogens with one attached hydrogen (secondary N) is 4. The highest BCUT2D eigenvalue weighted by Gasteiger charge is 2.38. The van der Waals surface area contributed by atoms with Gasteiger partial charge >= 0.3 is 12.1 Å². The summed E-state index contributed by atoms with van der Waals surface area (Å²) in [5.74, 6) is -1.03. The summed E-state index contributed by atoms with van der Waals surface area (Å²) in [4.78, 5) is 36.5. The van der Waals surface area contributed by atoms with E-state index >= 15 is 0 Å². The third-order valence-corrected chi connectivity index (χ3v) is 5.55. The zero-order chi connectivity index (χ0) is 25.5. The molecule has 10 heteroatoms. The van der Waals surface area contributed by atoms with E-state index in [-0.39, 0.29) is 37.6 Å². The first-order chi connectivity index (χ1) is 16.2. The molecule has 0 heterocycles. The first kappa shape index (κ1) is 29.4. The highest BCUT2D eigenvalue weighted by Crippen LogP contribution is 2.25. The van der Waals surface area contributed by atoms with Gasteiger partial charge in [0.2, 0.25) is 5.91 Å². The summed E-state index contributed by atoms with van der Waals surface area (Å²) in [5.41, 5.74) is 0.392. The van der Waals surface area contributed by atoms with E-state index in [1.807, 2.05) is 13.8 Å². The van der Waals surface area contributed by atoms with Crippen molar-refractivity contribution in [2.75, 3.05) is 13.2 Å². The van der Waals surface area contributed by atoms with Crippen molar-refractivity contribution in [2.24, 2.45) is 0 Å². The molecule has 1 aliphatic rings. The molecule has 0 spiro atoms. The number of guanidine groups is 1. The number of amides is 2. The van der Waals surface area contributed by atoms with Gasteiger partial charge in [0.05, 0.1) is 37.5 Å². The Morgan fingerprint density at radius 3 is 2.35 bits per heavy atom.